The van der Waals surface area contributed by atoms with Gasteiger partial charge in [0.05, 0.1) is 11.6 Å². The van der Waals surface area contributed by atoms with E-state index in [-0.39, 0.29) is 0 Å². The van der Waals surface area contributed by atoms with E-state index in [1.165, 1.54) is 0 Å². The van der Waals surface area contributed by atoms with E-state index in [0.29, 0.717) is 17.4 Å². The number of carbonyl (C=O) groups is 1. The molecular formula is C17H17ClO3. The fourth-order valence-electron chi connectivity index (χ4n) is 1.93. The number of hydrogen-bond donors (Lipinski definition) is 0. The molecule has 1 unspecified atom stereocenters. The van der Waals surface area contributed by atoms with Gasteiger partial charge in [0.25, 0.3) is 0 Å². The lowest BCUT2D eigenvalue weighted by Gasteiger charge is -2.19. The maximum absolute atomic E-state index is 12.2. The highest BCUT2D eigenvalue weighted by molar-refractivity contribution is 6.32. The van der Waals surface area contributed by atoms with Gasteiger partial charge in [-0.2, -0.15) is 0 Å². The zero-order valence-electron chi connectivity index (χ0n) is 12.0. The number of esters is 1. The molecule has 0 aromatic heterocycles. The van der Waals surface area contributed by atoms with Gasteiger partial charge in [-0.15, -0.1) is 0 Å². The molecule has 0 bridgehead atoms. The molecule has 2 aromatic rings. The molecule has 1 atom stereocenters. The fourth-order valence-corrected chi connectivity index (χ4v) is 2.09. The van der Waals surface area contributed by atoms with Crippen LogP contribution in [-0.4, -0.2) is 12.6 Å². The van der Waals surface area contributed by atoms with Gasteiger partial charge in [0.1, 0.15) is 5.75 Å². The largest absolute Gasteiger partial charge is 0.472 e. The van der Waals surface area contributed by atoms with Crippen molar-refractivity contribution in [3.8, 4) is 5.75 Å². The molecular weight excluding hydrogens is 288 g/mol. The molecule has 0 spiro atoms. The Bertz CT molecular complexity index is 611. The highest BCUT2D eigenvalue weighted by atomic mass is 35.5. The Morgan fingerprint density at radius 3 is 2.57 bits per heavy atom. The highest BCUT2D eigenvalue weighted by Gasteiger charge is 2.24. The first-order chi connectivity index (χ1) is 10.1. The van der Waals surface area contributed by atoms with Crippen LogP contribution in [0.3, 0.4) is 0 Å². The molecule has 0 amide bonds. The van der Waals surface area contributed by atoms with Crippen LogP contribution in [0.15, 0.2) is 48.5 Å². The second-order valence-electron chi connectivity index (χ2n) is 4.59. The molecule has 110 valence electrons. The lowest BCUT2D eigenvalue weighted by atomic mass is 10.1. The Morgan fingerprint density at radius 2 is 1.90 bits per heavy atom. The summed E-state index contributed by atoms with van der Waals surface area (Å²) in [6.07, 6.45) is -0.828. The van der Waals surface area contributed by atoms with Crippen LogP contribution in [0.2, 0.25) is 5.02 Å². The predicted molar refractivity (Wildman–Crippen MR) is 82.6 cm³/mol. The Hall–Kier alpha value is -2.00. The van der Waals surface area contributed by atoms with Gasteiger partial charge in [-0.05, 0) is 31.5 Å². The number of hydrogen-bond acceptors (Lipinski definition) is 3. The van der Waals surface area contributed by atoms with Gasteiger partial charge in [-0.1, -0.05) is 48.0 Å². The van der Waals surface area contributed by atoms with Gasteiger partial charge in [0.15, 0.2) is 0 Å². The van der Waals surface area contributed by atoms with Crippen LogP contribution in [0.1, 0.15) is 24.2 Å². The zero-order chi connectivity index (χ0) is 15.2. The van der Waals surface area contributed by atoms with E-state index in [1.807, 2.05) is 43.3 Å². The van der Waals surface area contributed by atoms with Crippen molar-refractivity contribution in [2.45, 2.75) is 20.0 Å². The summed E-state index contributed by atoms with van der Waals surface area (Å²) in [5.74, 6) is 0.0415. The maximum Gasteiger partial charge on any atom is 0.352 e. The van der Waals surface area contributed by atoms with Crippen molar-refractivity contribution < 1.29 is 14.3 Å². The second kappa shape index (κ2) is 7.14. The van der Waals surface area contributed by atoms with Crippen LogP contribution >= 0.6 is 11.6 Å². The van der Waals surface area contributed by atoms with Crippen molar-refractivity contribution in [2.75, 3.05) is 6.61 Å². The first-order valence-corrected chi connectivity index (χ1v) is 7.14. The van der Waals surface area contributed by atoms with E-state index in [2.05, 4.69) is 0 Å². The van der Waals surface area contributed by atoms with Crippen molar-refractivity contribution >= 4 is 17.6 Å². The average molecular weight is 305 g/mol. The van der Waals surface area contributed by atoms with E-state index >= 15 is 0 Å². The summed E-state index contributed by atoms with van der Waals surface area (Å²) in [4.78, 5) is 12.2. The summed E-state index contributed by atoms with van der Waals surface area (Å²) in [5.41, 5.74) is 1.73. The Labute approximate surface area is 129 Å². The van der Waals surface area contributed by atoms with Gasteiger partial charge in [-0.3, -0.25) is 0 Å². The van der Waals surface area contributed by atoms with Crippen LogP contribution in [0.4, 0.5) is 0 Å². The van der Waals surface area contributed by atoms with Crippen molar-refractivity contribution in [1.29, 1.82) is 0 Å². The quantitative estimate of drug-likeness (QED) is 0.771. The number of ether oxygens (including phenoxy) is 2. The number of halogens is 1. The van der Waals surface area contributed by atoms with E-state index < -0.39 is 12.1 Å². The minimum absolute atomic E-state index is 0.299. The van der Waals surface area contributed by atoms with Gasteiger partial charge in [0.2, 0.25) is 6.10 Å². The average Bonchev–Trinajstić information content (AvgIpc) is 2.49. The van der Waals surface area contributed by atoms with Crippen molar-refractivity contribution in [3.63, 3.8) is 0 Å². The molecule has 0 N–H and O–H groups in total. The van der Waals surface area contributed by atoms with Crippen LogP contribution in [0.25, 0.3) is 0 Å². The fraction of sp³-hybridized carbons (Fsp3) is 0.235. The Morgan fingerprint density at radius 1 is 1.19 bits per heavy atom. The summed E-state index contributed by atoms with van der Waals surface area (Å²) in [6, 6.07) is 14.7. The monoisotopic (exact) mass is 304 g/mol. The normalized spacial score (nSPS) is 11.8. The lowest BCUT2D eigenvalue weighted by molar-refractivity contribution is -0.151. The third-order valence-electron chi connectivity index (χ3n) is 2.93. The van der Waals surface area contributed by atoms with Crippen molar-refractivity contribution in [1.82, 2.24) is 0 Å². The summed E-state index contributed by atoms with van der Waals surface area (Å²) in [6.45, 7) is 4.00. The standard InChI is InChI=1S/C17H17ClO3/c1-3-20-17(19)16(13-7-5-4-6-8-13)21-15-11-12(2)9-10-14(15)18/h4-11,16H,3H2,1-2H3. The molecule has 2 aromatic carbocycles. The molecule has 21 heavy (non-hydrogen) atoms. The Balaban J connectivity index is 2.32. The third-order valence-corrected chi connectivity index (χ3v) is 3.25. The summed E-state index contributed by atoms with van der Waals surface area (Å²) < 4.78 is 10.9. The summed E-state index contributed by atoms with van der Waals surface area (Å²) in [5, 5.41) is 0.464. The van der Waals surface area contributed by atoms with Gasteiger partial charge in [0, 0.05) is 5.56 Å². The van der Waals surface area contributed by atoms with E-state index in [9.17, 15) is 4.79 Å². The predicted octanol–water partition coefficient (Wildman–Crippen LogP) is 4.33. The van der Waals surface area contributed by atoms with Gasteiger partial charge < -0.3 is 9.47 Å². The number of aryl methyl sites for hydroxylation is 1. The van der Waals surface area contributed by atoms with Crippen molar-refractivity contribution in [2.24, 2.45) is 0 Å². The minimum Gasteiger partial charge on any atom is -0.472 e. The smallest absolute Gasteiger partial charge is 0.352 e. The lowest BCUT2D eigenvalue weighted by Crippen LogP contribution is -2.21. The van der Waals surface area contributed by atoms with Crippen LogP contribution < -0.4 is 4.74 Å². The molecule has 0 aliphatic heterocycles. The van der Waals surface area contributed by atoms with Gasteiger partial charge in [-0.25, -0.2) is 4.79 Å². The molecule has 2 rings (SSSR count). The molecule has 0 aliphatic carbocycles. The van der Waals surface area contributed by atoms with Crippen LogP contribution in [0, 0.1) is 6.92 Å². The first-order valence-electron chi connectivity index (χ1n) is 6.76. The maximum atomic E-state index is 12.2. The van der Waals surface area contributed by atoms with Crippen molar-refractivity contribution in [3.05, 3.63) is 64.7 Å². The molecule has 0 radical (unpaired) electrons. The topological polar surface area (TPSA) is 35.5 Å². The first kappa shape index (κ1) is 15.4. The third kappa shape index (κ3) is 3.99. The molecule has 0 fully saturated rings. The number of rotatable bonds is 5. The number of carbonyl (C=O) groups excluding carboxylic acids is 1. The minimum atomic E-state index is -0.828. The number of benzene rings is 2. The SMILES string of the molecule is CCOC(=O)C(Oc1cc(C)ccc1Cl)c1ccccc1. The molecule has 0 aliphatic rings. The van der Waals surface area contributed by atoms with E-state index in [4.69, 9.17) is 21.1 Å². The zero-order valence-corrected chi connectivity index (χ0v) is 12.8. The summed E-state index contributed by atoms with van der Waals surface area (Å²) in [7, 11) is 0. The second-order valence-corrected chi connectivity index (χ2v) is 5.00. The van der Waals surface area contributed by atoms with E-state index in [1.54, 1.807) is 19.1 Å². The molecule has 0 saturated heterocycles. The Kier molecular flexibility index (Phi) is 5.23. The molecule has 3 nitrogen and oxygen atoms in total. The summed E-state index contributed by atoms with van der Waals surface area (Å²) >= 11 is 6.13. The van der Waals surface area contributed by atoms with E-state index in [0.717, 1.165) is 11.1 Å². The molecule has 4 heteroatoms. The van der Waals surface area contributed by atoms with Gasteiger partial charge >= 0.3 is 5.97 Å². The van der Waals surface area contributed by atoms with Crippen LogP contribution in [-0.2, 0) is 9.53 Å². The molecule has 0 saturated carbocycles. The molecule has 0 heterocycles. The highest BCUT2D eigenvalue weighted by Crippen LogP contribution is 2.30. The van der Waals surface area contributed by atoms with Crippen LogP contribution in [0.5, 0.6) is 5.75 Å².